The number of carbonyl (C=O) groups excluding carboxylic acids is 1. The first-order chi connectivity index (χ1) is 11.1. The molecule has 0 saturated heterocycles. The molecule has 0 aliphatic carbocycles. The number of amides is 1. The van der Waals surface area contributed by atoms with Crippen molar-refractivity contribution in [3.05, 3.63) is 53.9 Å². The number of benzene rings is 1. The molecule has 1 amide bonds. The lowest BCUT2D eigenvalue weighted by molar-refractivity contribution is 0.0690. The van der Waals surface area contributed by atoms with E-state index in [2.05, 4.69) is 15.4 Å². The van der Waals surface area contributed by atoms with Crippen molar-refractivity contribution in [3.8, 4) is 0 Å². The molecule has 0 atom stereocenters. The summed E-state index contributed by atoms with van der Waals surface area (Å²) < 4.78 is 0.993. The van der Waals surface area contributed by atoms with Gasteiger partial charge in [0.15, 0.2) is 0 Å². The molecule has 3 aromatic rings. The average Bonchev–Trinajstić information content (AvgIpc) is 2.99. The van der Waals surface area contributed by atoms with Crippen LogP contribution in [0.4, 0.5) is 5.13 Å². The summed E-state index contributed by atoms with van der Waals surface area (Å²) >= 11 is 1.42. The van der Waals surface area contributed by atoms with Gasteiger partial charge in [-0.2, -0.15) is 0 Å². The van der Waals surface area contributed by atoms with Crippen LogP contribution in [0.2, 0.25) is 0 Å². The molecule has 0 aliphatic heterocycles. The summed E-state index contributed by atoms with van der Waals surface area (Å²) in [7, 11) is 1.64. The van der Waals surface area contributed by atoms with Gasteiger partial charge < -0.3 is 5.11 Å². The Labute approximate surface area is 135 Å². The number of hydrogen-bond acceptors (Lipinski definition) is 6. The van der Waals surface area contributed by atoms with Crippen molar-refractivity contribution in [2.75, 3.05) is 12.1 Å². The minimum Gasteiger partial charge on any atom is -0.478 e. The summed E-state index contributed by atoms with van der Waals surface area (Å²) in [5.41, 5.74) is 3.12. The highest BCUT2D eigenvalue weighted by Crippen LogP contribution is 2.26. The van der Waals surface area contributed by atoms with Gasteiger partial charge in [-0.3, -0.25) is 20.2 Å². The maximum Gasteiger partial charge on any atom is 0.338 e. The molecule has 0 saturated carbocycles. The van der Waals surface area contributed by atoms with E-state index in [1.807, 2.05) is 24.3 Å². The van der Waals surface area contributed by atoms with Crippen LogP contribution in [0, 0.1) is 0 Å². The SMILES string of the molecule is CN(NC(=O)c1ncccc1C(=O)O)c1nc2ccccc2s1. The predicted molar refractivity (Wildman–Crippen MR) is 86.7 cm³/mol. The van der Waals surface area contributed by atoms with Crippen molar-refractivity contribution in [1.82, 2.24) is 15.4 Å². The Morgan fingerprint density at radius 1 is 1.22 bits per heavy atom. The summed E-state index contributed by atoms with van der Waals surface area (Å²) in [5.74, 6) is -1.81. The minimum atomic E-state index is -1.20. The molecular weight excluding hydrogens is 316 g/mol. The Balaban J connectivity index is 1.83. The quantitative estimate of drug-likeness (QED) is 0.713. The van der Waals surface area contributed by atoms with Crippen LogP contribution in [0.15, 0.2) is 42.6 Å². The number of aromatic carboxylic acids is 1. The molecule has 0 bridgehead atoms. The second kappa shape index (κ2) is 6.01. The minimum absolute atomic E-state index is 0.145. The molecular formula is C15H12N4O3S. The molecule has 1 aromatic carbocycles. The molecule has 2 aromatic heterocycles. The van der Waals surface area contributed by atoms with Gasteiger partial charge in [-0.1, -0.05) is 23.5 Å². The molecule has 2 N–H and O–H groups in total. The van der Waals surface area contributed by atoms with Crippen molar-refractivity contribution in [3.63, 3.8) is 0 Å². The van der Waals surface area contributed by atoms with Crippen molar-refractivity contribution in [1.29, 1.82) is 0 Å². The van der Waals surface area contributed by atoms with Crippen LogP contribution in [-0.2, 0) is 0 Å². The van der Waals surface area contributed by atoms with Gasteiger partial charge in [0, 0.05) is 13.2 Å². The lowest BCUT2D eigenvalue weighted by atomic mass is 10.2. The first-order valence-corrected chi connectivity index (χ1v) is 7.46. The number of anilines is 1. The molecule has 2 heterocycles. The highest BCUT2D eigenvalue weighted by atomic mass is 32.1. The number of carboxylic acid groups (broad SMARTS) is 1. The summed E-state index contributed by atoms with van der Waals surface area (Å²) in [6, 6.07) is 10.4. The van der Waals surface area contributed by atoms with Crippen LogP contribution in [0.25, 0.3) is 10.2 Å². The Hall–Kier alpha value is -3.00. The molecule has 3 rings (SSSR count). The second-order valence-electron chi connectivity index (χ2n) is 4.67. The number of thiazole rings is 1. The first-order valence-electron chi connectivity index (χ1n) is 6.65. The third-order valence-corrected chi connectivity index (χ3v) is 4.20. The number of carbonyl (C=O) groups is 2. The normalized spacial score (nSPS) is 10.5. The fraction of sp³-hybridized carbons (Fsp3) is 0.0667. The fourth-order valence-corrected chi connectivity index (χ4v) is 2.90. The molecule has 0 unspecified atom stereocenters. The smallest absolute Gasteiger partial charge is 0.338 e. The topological polar surface area (TPSA) is 95.4 Å². The first kappa shape index (κ1) is 14.9. The molecule has 0 radical (unpaired) electrons. The molecule has 8 heteroatoms. The van der Waals surface area contributed by atoms with E-state index >= 15 is 0 Å². The molecule has 116 valence electrons. The van der Waals surface area contributed by atoms with E-state index in [-0.39, 0.29) is 11.3 Å². The van der Waals surface area contributed by atoms with Crippen LogP contribution in [0.5, 0.6) is 0 Å². The zero-order valence-electron chi connectivity index (χ0n) is 12.1. The molecule has 0 fully saturated rings. The van der Waals surface area contributed by atoms with Crippen LogP contribution < -0.4 is 10.4 Å². The van der Waals surface area contributed by atoms with Crippen molar-refractivity contribution in [2.24, 2.45) is 0 Å². The van der Waals surface area contributed by atoms with Gasteiger partial charge in [0.05, 0.1) is 15.8 Å². The lowest BCUT2D eigenvalue weighted by Gasteiger charge is -2.17. The molecule has 23 heavy (non-hydrogen) atoms. The molecule has 7 nitrogen and oxygen atoms in total. The number of rotatable bonds is 4. The van der Waals surface area contributed by atoms with Gasteiger partial charge in [0.2, 0.25) is 5.13 Å². The number of carboxylic acids is 1. The van der Waals surface area contributed by atoms with E-state index in [1.54, 1.807) is 7.05 Å². The third-order valence-electron chi connectivity index (χ3n) is 3.09. The number of hydrogen-bond donors (Lipinski definition) is 2. The zero-order valence-corrected chi connectivity index (χ0v) is 12.9. The second-order valence-corrected chi connectivity index (χ2v) is 5.68. The number of para-hydroxylation sites is 1. The van der Waals surface area contributed by atoms with E-state index in [0.29, 0.717) is 5.13 Å². The number of fused-ring (bicyclic) bond motifs is 1. The maximum absolute atomic E-state index is 12.3. The van der Waals surface area contributed by atoms with Crippen molar-refractivity contribution < 1.29 is 14.7 Å². The fourth-order valence-electron chi connectivity index (χ4n) is 2.02. The van der Waals surface area contributed by atoms with Crippen molar-refractivity contribution in [2.45, 2.75) is 0 Å². The third kappa shape index (κ3) is 2.97. The monoisotopic (exact) mass is 328 g/mol. The van der Waals surface area contributed by atoms with Crippen LogP contribution in [0.3, 0.4) is 0 Å². The standard InChI is InChI=1S/C15H12N4O3S/c1-19(15-17-10-6-2-3-7-11(10)23-15)18-13(20)12-9(14(21)22)5-4-8-16-12/h2-8H,1H3,(H,18,20)(H,21,22). The van der Waals surface area contributed by atoms with E-state index in [9.17, 15) is 9.59 Å². The number of aromatic nitrogens is 2. The van der Waals surface area contributed by atoms with Gasteiger partial charge in [0.1, 0.15) is 5.69 Å². The Kier molecular flexibility index (Phi) is 3.90. The van der Waals surface area contributed by atoms with E-state index in [4.69, 9.17) is 5.11 Å². The van der Waals surface area contributed by atoms with E-state index < -0.39 is 11.9 Å². The number of nitrogens with zero attached hydrogens (tertiary/aromatic N) is 3. The molecule has 0 aliphatic rings. The number of hydrazine groups is 1. The van der Waals surface area contributed by atoms with Crippen LogP contribution >= 0.6 is 11.3 Å². The Morgan fingerprint density at radius 2 is 2.00 bits per heavy atom. The zero-order chi connectivity index (χ0) is 16.4. The van der Waals surface area contributed by atoms with Gasteiger partial charge >= 0.3 is 5.97 Å². The van der Waals surface area contributed by atoms with Crippen LogP contribution in [-0.4, -0.2) is 34.0 Å². The largest absolute Gasteiger partial charge is 0.478 e. The Morgan fingerprint density at radius 3 is 2.74 bits per heavy atom. The highest BCUT2D eigenvalue weighted by Gasteiger charge is 2.19. The maximum atomic E-state index is 12.3. The molecule has 0 spiro atoms. The van der Waals surface area contributed by atoms with Gasteiger partial charge in [0.25, 0.3) is 5.91 Å². The summed E-state index contributed by atoms with van der Waals surface area (Å²) in [5, 5.41) is 11.2. The van der Waals surface area contributed by atoms with Gasteiger partial charge in [-0.15, -0.1) is 0 Å². The van der Waals surface area contributed by atoms with E-state index in [1.165, 1.54) is 34.7 Å². The summed E-state index contributed by atoms with van der Waals surface area (Å²) in [4.78, 5) is 31.7. The number of nitrogens with one attached hydrogen (secondary N) is 1. The predicted octanol–water partition coefficient (Wildman–Crippen LogP) is 2.17. The highest BCUT2D eigenvalue weighted by molar-refractivity contribution is 7.22. The van der Waals surface area contributed by atoms with E-state index in [0.717, 1.165) is 10.2 Å². The lowest BCUT2D eigenvalue weighted by Crippen LogP contribution is -2.40. The average molecular weight is 328 g/mol. The summed E-state index contributed by atoms with van der Waals surface area (Å²) in [6.07, 6.45) is 1.37. The number of pyridine rings is 1. The van der Waals surface area contributed by atoms with Gasteiger partial charge in [-0.25, -0.2) is 9.78 Å². The van der Waals surface area contributed by atoms with Gasteiger partial charge in [-0.05, 0) is 24.3 Å². The summed E-state index contributed by atoms with van der Waals surface area (Å²) in [6.45, 7) is 0. The van der Waals surface area contributed by atoms with Crippen molar-refractivity contribution >= 4 is 38.6 Å². The van der Waals surface area contributed by atoms with Crippen LogP contribution in [0.1, 0.15) is 20.8 Å². The Bertz CT molecular complexity index is 860.